The van der Waals surface area contributed by atoms with Crippen LogP contribution in [-0.2, 0) is 9.53 Å². The molecule has 0 bridgehead atoms. The molecule has 29 heavy (non-hydrogen) atoms. The van der Waals surface area contributed by atoms with Crippen molar-refractivity contribution in [3.63, 3.8) is 0 Å². The van der Waals surface area contributed by atoms with Crippen LogP contribution in [0.2, 0.25) is 0 Å². The van der Waals surface area contributed by atoms with E-state index in [2.05, 4.69) is 18.7 Å². The van der Waals surface area contributed by atoms with Crippen molar-refractivity contribution in [2.45, 2.75) is 129 Å². The van der Waals surface area contributed by atoms with E-state index in [1.165, 1.54) is 96.6 Å². The van der Waals surface area contributed by atoms with E-state index in [4.69, 9.17) is 4.74 Å². The number of hydrogen-bond donors (Lipinski definition) is 0. The number of nitrogens with zero attached hydrogens (tertiary/aromatic N) is 1. The third-order valence-corrected chi connectivity index (χ3v) is 6.52. The zero-order valence-corrected chi connectivity index (χ0v) is 19.9. The van der Waals surface area contributed by atoms with E-state index in [0.29, 0.717) is 13.0 Å². The van der Waals surface area contributed by atoms with Crippen molar-refractivity contribution >= 4 is 5.97 Å². The van der Waals surface area contributed by atoms with Crippen molar-refractivity contribution in [2.75, 3.05) is 26.2 Å². The van der Waals surface area contributed by atoms with Crippen molar-refractivity contribution in [3.8, 4) is 0 Å². The summed E-state index contributed by atoms with van der Waals surface area (Å²) in [6.45, 7) is 8.60. The van der Waals surface area contributed by atoms with Gasteiger partial charge in [-0.1, -0.05) is 97.3 Å². The van der Waals surface area contributed by atoms with Gasteiger partial charge >= 0.3 is 5.97 Å². The molecule has 0 amide bonds. The molecule has 0 atom stereocenters. The van der Waals surface area contributed by atoms with E-state index < -0.39 is 0 Å². The van der Waals surface area contributed by atoms with E-state index >= 15 is 0 Å². The van der Waals surface area contributed by atoms with Crippen molar-refractivity contribution in [1.29, 1.82) is 0 Å². The Labute approximate surface area is 182 Å². The Morgan fingerprint density at radius 3 is 2.10 bits per heavy atom. The van der Waals surface area contributed by atoms with Crippen molar-refractivity contribution < 1.29 is 9.53 Å². The van der Waals surface area contributed by atoms with Gasteiger partial charge in [-0.25, -0.2) is 0 Å². The van der Waals surface area contributed by atoms with Crippen LogP contribution in [0.15, 0.2) is 0 Å². The number of rotatable bonds is 19. The molecule has 0 aromatic heterocycles. The lowest BCUT2D eigenvalue weighted by atomic mass is 9.87. The minimum absolute atomic E-state index is 0.000662. The monoisotopic (exact) mass is 409 g/mol. The maximum absolute atomic E-state index is 11.8. The van der Waals surface area contributed by atoms with Crippen LogP contribution >= 0.6 is 0 Å². The van der Waals surface area contributed by atoms with E-state index in [-0.39, 0.29) is 5.97 Å². The molecule has 0 aliphatic heterocycles. The number of hydrogen-bond acceptors (Lipinski definition) is 3. The molecule has 0 radical (unpaired) electrons. The molecule has 0 heterocycles. The highest BCUT2D eigenvalue weighted by Crippen LogP contribution is 2.26. The Hall–Kier alpha value is -0.570. The lowest BCUT2D eigenvalue weighted by Crippen LogP contribution is -2.30. The van der Waals surface area contributed by atoms with Crippen molar-refractivity contribution in [2.24, 2.45) is 5.92 Å². The number of unbranched alkanes of at least 4 members (excludes halogenated alkanes) is 8. The largest absolute Gasteiger partial charge is 0.466 e. The first-order chi connectivity index (χ1) is 14.3. The minimum Gasteiger partial charge on any atom is -0.466 e. The fourth-order valence-corrected chi connectivity index (χ4v) is 4.53. The van der Waals surface area contributed by atoms with Gasteiger partial charge in [0.2, 0.25) is 0 Å². The van der Waals surface area contributed by atoms with Crippen LogP contribution in [0.1, 0.15) is 129 Å². The molecule has 1 fully saturated rings. The third-order valence-electron chi connectivity index (χ3n) is 6.52. The molecular formula is C26H51NO2. The zero-order chi connectivity index (χ0) is 21.0. The van der Waals surface area contributed by atoms with Crippen LogP contribution in [0.25, 0.3) is 0 Å². The molecule has 0 spiro atoms. The molecule has 1 aliphatic carbocycles. The van der Waals surface area contributed by atoms with Gasteiger partial charge in [-0.15, -0.1) is 0 Å². The first-order valence-corrected chi connectivity index (χ1v) is 13.1. The highest BCUT2D eigenvalue weighted by Gasteiger charge is 2.15. The Morgan fingerprint density at radius 1 is 0.759 bits per heavy atom. The molecule has 0 saturated heterocycles. The first-order valence-electron chi connectivity index (χ1n) is 13.1. The van der Waals surface area contributed by atoms with Gasteiger partial charge in [0.15, 0.2) is 0 Å². The molecule has 1 rings (SSSR count). The predicted molar refractivity (Wildman–Crippen MR) is 125 cm³/mol. The second kappa shape index (κ2) is 19.4. The number of esters is 1. The molecule has 172 valence electrons. The van der Waals surface area contributed by atoms with Crippen LogP contribution in [0.3, 0.4) is 0 Å². The molecule has 0 aromatic carbocycles. The van der Waals surface area contributed by atoms with Crippen LogP contribution < -0.4 is 0 Å². The maximum Gasteiger partial charge on any atom is 0.305 e. The normalized spacial score (nSPS) is 15.1. The van der Waals surface area contributed by atoms with Crippen LogP contribution in [-0.4, -0.2) is 37.1 Å². The summed E-state index contributed by atoms with van der Waals surface area (Å²) in [6, 6.07) is 0. The minimum atomic E-state index is -0.000662. The van der Waals surface area contributed by atoms with E-state index in [9.17, 15) is 4.79 Å². The third kappa shape index (κ3) is 15.9. The van der Waals surface area contributed by atoms with E-state index in [1.54, 1.807) is 0 Å². The molecule has 0 N–H and O–H groups in total. The molecule has 3 nitrogen and oxygen atoms in total. The fourth-order valence-electron chi connectivity index (χ4n) is 4.53. The van der Waals surface area contributed by atoms with Crippen molar-refractivity contribution in [3.05, 3.63) is 0 Å². The second-order valence-corrected chi connectivity index (χ2v) is 9.29. The van der Waals surface area contributed by atoms with Crippen LogP contribution in [0.5, 0.6) is 0 Å². The van der Waals surface area contributed by atoms with Gasteiger partial charge in [-0.3, -0.25) is 4.79 Å². The lowest BCUT2D eigenvalue weighted by Gasteiger charge is -2.27. The Balaban J connectivity index is 2.19. The highest BCUT2D eigenvalue weighted by atomic mass is 16.5. The second-order valence-electron chi connectivity index (χ2n) is 9.29. The fraction of sp³-hybridized carbons (Fsp3) is 0.962. The highest BCUT2D eigenvalue weighted by molar-refractivity contribution is 5.69. The molecule has 3 heteroatoms. The summed E-state index contributed by atoms with van der Waals surface area (Å²) in [5, 5.41) is 0. The Kier molecular flexibility index (Phi) is 17.7. The average molecular weight is 410 g/mol. The van der Waals surface area contributed by atoms with Gasteiger partial charge in [0.1, 0.15) is 0 Å². The maximum atomic E-state index is 11.8. The molecule has 1 saturated carbocycles. The molecule has 0 aromatic rings. The van der Waals surface area contributed by atoms with Gasteiger partial charge in [-0.2, -0.15) is 0 Å². The summed E-state index contributed by atoms with van der Waals surface area (Å²) < 4.78 is 5.45. The summed E-state index contributed by atoms with van der Waals surface area (Å²) in [7, 11) is 0. The quantitative estimate of drug-likeness (QED) is 0.163. The Bertz CT molecular complexity index is 366. The summed E-state index contributed by atoms with van der Waals surface area (Å²) in [4.78, 5) is 14.4. The van der Waals surface area contributed by atoms with Gasteiger partial charge in [0, 0.05) is 13.0 Å². The summed E-state index contributed by atoms with van der Waals surface area (Å²) in [6.07, 6.45) is 23.1. The Morgan fingerprint density at radius 2 is 1.38 bits per heavy atom. The summed E-state index contributed by atoms with van der Waals surface area (Å²) in [5.74, 6) is 0.955. The van der Waals surface area contributed by atoms with Crippen LogP contribution in [0, 0.1) is 5.92 Å². The number of ether oxygens (including phenoxy) is 1. The van der Waals surface area contributed by atoms with E-state index in [1.807, 2.05) is 0 Å². The van der Waals surface area contributed by atoms with Gasteiger partial charge in [-0.05, 0) is 44.7 Å². The lowest BCUT2D eigenvalue weighted by molar-refractivity contribution is -0.144. The number of carbonyl (C=O) groups is 1. The summed E-state index contributed by atoms with van der Waals surface area (Å²) in [5.41, 5.74) is 0. The first kappa shape index (κ1) is 26.5. The average Bonchev–Trinajstić information content (AvgIpc) is 2.74. The van der Waals surface area contributed by atoms with Crippen molar-refractivity contribution in [1.82, 2.24) is 4.90 Å². The number of carbonyl (C=O) groups excluding carboxylic acids is 1. The summed E-state index contributed by atoms with van der Waals surface area (Å²) >= 11 is 0. The smallest absolute Gasteiger partial charge is 0.305 e. The van der Waals surface area contributed by atoms with Gasteiger partial charge < -0.3 is 9.64 Å². The molecule has 0 unspecified atom stereocenters. The standard InChI is InChI=1S/C26H51NO2/c1-3-5-7-8-9-10-15-21-27(23-20-25-17-13-11-14-18-25)22-16-24-29-26(28)19-12-6-4-2/h25H,3-24H2,1-2H3. The van der Waals surface area contributed by atoms with E-state index in [0.717, 1.165) is 38.1 Å². The zero-order valence-electron chi connectivity index (χ0n) is 19.9. The SMILES string of the molecule is CCCCCCCCCN(CCCOC(=O)CCCCC)CCC1CCCCC1. The predicted octanol–water partition coefficient (Wildman–Crippen LogP) is 7.52. The molecular weight excluding hydrogens is 358 g/mol. The van der Waals surface area contributed by atoms with Gasteiger partial charge in [0.25, 0.3) is 0 Å². The van der Waals surface area contributed by atoms with Gasteiger partial charge in [0.05, 0.1) is 6.61 Å². The van der Waals surface area contributed by atoms with Crippen LogP contribution in [0.4, 0.5) is 0 Å². The topological polar surface area (TPSA) is 29.5 Å². The molecule has 1 aliphatic rings.